The van der Waals surface area contributed by atoms with Gasteiger partial charge in [0.25, 0.3) is 0 Å². The van der Waals surface area contributed by atoms with Crippen molar-refractivity contribution in [3.8, 4) is 5.75 Å². The van der Waals surface area contributed by atoms with Crippen LogP contribution in [0.1, 0.15) is 92.1 Å². The number of benzene rings is 1. The first-order valence-corrected chi connectivity index (χ1v) is 27.8. The van der Waals surface area contributed by atoms with Crippen LogP contribution in [0.25, 0.3) is 0 Å². The molecule has 35 nitrogen and oxygen atoms in total. The van der Waals surface area contributed by atoms with Gasteiger partial charge in [0.05, 0.1) is 25.9 Å². The fraction of sp³-hybridized carbons (Fsp3) is 0.615. The largest absolute Gasteiger partial charge is 0.508 e. The lowest BCUT2D eigenvalue weighted by Gasteiger charge is -2.28. The maximum Gasteiger partial charge on any atom is 0.325 e. The summed E-state index contributed by atoms with van der Waals surface area (Å²) in [5.74, 6) is -14.2. The van der Waals surface area contributed by atoms with Crippen molar-refractivity contribution in [2.24, 2.45) is 56.2 Å². The molecule has 0 saturated carbocycles. The third-order valence-electron chi connectivity index (χ3n) is 12.7. The molecule has 488 valence electrons. The molecule has 0 aromatic heterocycles. The number of primary amides is 1. The first kappa shape index (κ1) is 76.1. The Kier molecular flexibility index (Phi) is 34.0. The number of aliphatic hydroxyl groups excluding tert-OH is 3. The minimum Gasteiger partial charge on any atom is -0.508 e. The van der Waals surface area contributed by atoms with Gasteiger partial charge in [-0.05, 0) is 81.9 Å². The maximum atomic E-state index is 14.2. The normalized spacial score (nSPS) is 14.8. The number of rotatable bonds is 40. The van der Waals surface area contributed by atoms with E-state index < -0.39 is 176 Å². The molecule has 11 atom stereocenters. The van der Waals surface area contributed by atoms with Crippen molar-refractivity contribution in [2.45, 2.75) is 159 Å². The molecule has 11 amide bonds. The Morgan fingerprint density at radius 1 is 0.460 bits per heavy atom. The number of carboxylic acid groups (broad SMARTS) is 1. The number of nitrogens with zero attached hydrogens (tertiary/aromatic N) is 2. The van der Waals surface area contributed by atoms with Gasteiger partial charge < -0.3 is 113 Å². The zero-order valence-corrected chi connectivity index (χ0v) is 49.5. The van der Waals surface area contributed by atoms with Gasteiger partial charge in [0.2, 0.25) is 65.0 Å². The van der Waals surface area contributed by atoms with E-state index in [0.29, 0.717) is 12.0 Å². The van der Waals surface area contributed by atoms with Crippen LogP contribution in [0.2, 0.25) is 0 Å². The van der Waals surface area contributed by atoms with E-state index in [1.807, 2.05) is 0 Å². The van der Waals surface area contributed by atoms with Gasteiger partial charge in [-0.3, -0.25) is 67.5 Å². The first-order valence-electron chi connectivity index (χ1n) is 27.8. The number of carbonyl (C=O) groups excluding carboxylic acids is 11. The van der Waals surface area contributed by atoms with E-state index in [-0.39, 0.29) is 68.8 Å². The smallest absolute Gasteiger partial charge is 0.325 e. The molecule has 0 aliphatic rings. The van der Waals surface area contributed by atoms with Crippen molar-refractivity contribution in [2.75, 3.05) is 32.9 Å². The number of hydrogen-bond donors (Lipinski definition) is 21. The highest BCUT2D eigenvalue weighted by Gasteiger charge is 2.36. The molecular formula is C52H88N18O17. The van der Waals surface area contributed by atoms with Crippen LogP contribution in [0.4, 0.5) is 0 Å². The number of nitrogens with one attached hydrogen (secondary N) is 10. The molecule has 0 fully saturated rings. The zero-order chi connectivity index (χ0) is 66.2. The highest BCUT2D eigenvalue weighted by atomic mass is 16.4. The van der Waals surface area contributed by atoms with Crippen LogP contribution in [0.5, 0.6) is 5.75 Å². The second-order valence-corrected chi connectivity index (χ2v) is 21.0. The topological polar surface area (TPSA) is 607 Å². The van der Waals surface area contributed by atoms with E-state index >= 15 is 0 Å². The average molecular weight is 1240 g/mol. The number of amides is 11. The number of carboxylic acids is 1. The van der Waals surface area contributed by atoms with E-state index in [1.54, 1.807) is 13.8 Å². The molecule has 0 unspecified atom stereocenters. The number of phenolic OH excluding ortho intramolecular Hbond substituents is 1. The Morgan fingerprint density at radius 3 is 1.31 bits per heavy atom. The van der Waals surface area contributed by atoms with Gasteiger partial charge in [0.1, 0.15) is 66.2 Å². The first-order chi connectivity index (χ1) is 40.7. The predicted octanol–water partition coefficient (Wildman–Crippen LogP) is -8.71. The van der Waals surface area contributed by atoms with Gasteiger partial charge in [-0.25, -0.2) is 0 Å². The van der Waals surface area contributed by atoms with Crippen LogP contribution in [-0.2, 0) is 64.0 Å². The van der Waals surface area contributed by atoms with E-state index in [0.717, 1.165) is 0 Å². The number of hydrogen-bond acceptors (Lipinski definition) is 19. The summed E-state index contributed by atoms with van der Waals surface area (Å²) in [6.45, 7) is 5.70. The van der Waals surface area contributed by atoms with E-state index in [1.165, 1.54) is 52.0 Å². The molecule has 27 N–H and O–H groups in total. The summed E-state index contributed by atoms with van der Waals surface area (Å²) in [5, 5.41) is 73.5. The molecule has 1 aromatic carbocycles. The molecule has 1 rings (SSSR count). The summed E-state index contributed by atoms with van der Waals surface area (Å²) in [4.78, 5) is 167. The van der Waals surface area contributed by atoms with Crippen LogP contribution in [0.15, 0.2) is 34.3 Å². The summed E-state index contributed by atoms with van der Waals surface area (Å²) in [6.07, 6.45) is -1.01. The number of carbonyl (C=O) groups is 12. The molecule has 0 saturated heterocycles. The standard InChI is InChI=1S/C52H88N18O17/c1-24(2)19-33(44(80)62-27(6)50(86)87)65-45(81)34(20-28-11-13-29(74)14-12-28)66-42(78)31(10-8-18-60-52(57)58)63-47(83)36(22-72)69-49(85)39(25(3)4)70-48(84)37(23-73)68-43(79)32(15-16-38(54)75)64-46(82)35(21-71)67-40(76)26(5)61-41(77)30(53)9-7-17-59-51(55)56/h11-14,24-27,30-37,39,71-74H,7-10,15-23,53H2,1-6H3,(H2,54,75)(H,61,77)(H,62,80)(H,63,83)(H,64,82)(H,65,81)(H,66,78)(H,67,76)(H,68,79)(H,69,85)(H,70,84)(H,86,87)(H4,55,56,59)(H4,57,58,60)/t26-,27-,30-,31-,32-,33-,34-,35-,36-,37-,39-/m0/s1. The zero-order valence-electron chi connectivity index (χ0n) is 49.5. The molecule has 87 heavy (non-hydrogen) atoms. The van der Waals surface area contributed by atoms with Crippen LogP contribution in [0, 0.1) is 11.8 Å². The molecule has 1 aromatic rings. The maximum absolute atomic E-state index is 14.2. The van der Waals surface area contributed by atoms with Crippen molar-refractivity contribution in [1.29, 1.82) is 0 Å². The summed E-state index contributed by atoms with van der Waals surface area (Å²) in [7, 11) is 0. The lowest BCUT2D eigenvalue weighted by atomic mass is 10.00. The summed E-state index contributed by atoms with van der Waals surface area (Å²) in [6, 6.07) is -11.3. The van der Waals surface area contributed by atoms with Crippen molar-refractivity contribution < 1.29 is 83.1 Å². The Morgan fingerprint density at radius 2 is 0.851 bits per heavy atom. The molecule has 35 heteroatoms. The van der Waals surface area contributed by atoms with E-state index in [2.05, 4.69) is 63.2 Å². The minimum atomic E-state index is -1.88. The molecule has 0 aliphatic heterocycles. The van der Waals surface area contributed by atoms with Gasteiger partial charge in [-0.1, -0.05) is 39.8 Å². The van der Waals surface area contributed by atoms with Crippen LogP contribution in [-0.4, -0.2) is 208 Å². The number of aliphatic imine (C=N–C) groups is 2. The number of aliphatic hydroxyl groups is 3. The lowest BCUT2D eigenvalue weighted by molar-refractivity contribution is -0.142. The molecule has 0 heterocycles. The van der Waals surface area contributed by atoms with Crippen molar-refractivity contribution in [1.82, 2.24) is 53.2 Å². The van der Waals surface area contributed by atoms with E-state index in [9.17, 15) is 83.1 Å². The molecule has 0 bridgehead atoms. The van der Waals surface area contributed by atoms with Gasteiger partial charge >= 0.3 is 5.97 Å². The Labute approximate surface area is 501 Å². The van der Waals surface area contributed by atoms with Crippen LogP contribution >= 0.6 is 0 Å². The Bertz CT molecular complexity index is 2560. The third-order valence-corrected chi connectivity index (χ3v) is 12.7. The lowest BCUT2D eigenvalue weighted by Crippen LogP contribution is -2.62. The van der Waals surface area contributed by atoms with E-state index in [4.69, 9.17) is 34.4 Å². The SMILES string of the molecule is CC(C)C[C@H](NC(=O)[C@H](Cc1ccc(O)cc1)NC(=O)[C@H](CCCN=C(N)N)NC(=O)[C@H](CO)NC(=O)[C@@H](NC(=O)[C@H](CO)NC(=O)[C@H](CCC(N)=O)NC(=O)[C@H](CO)NC(=O)[C@H](C)NC(=O)[C@@H](N)CCCN=C(N)N)C(C)C)C(=O)N[C@@H](C)C(=O)O. The second-order valence-electron chi connectivity index (χ2n) is 21.0. The number of nitrogens with two attached hydrogens (primary N) is 6. The third kappa shape index (κ3) is 29.1. The summed E-state index contributed by atoms with van der Waals surface area (Å²) < 4.78 is 0. The van der Waals surface area contributed by atoms with Gasteiger partial charge in [-0.2, -0.15) is 0 Å². The van der Waals surface area contributed by atoms with Crippen molar-refractivity contribution in [3.05, 3.63) is 29.8 Å². The van der Waals surface area contributed by atoms with Gasteiger partial charge in [-0.15, -0.1) is 0 Å². The number of aliphatic carboxylic acids is 1. The van der Waals surface area contributed by atoms with Crippen molar-refractivity contribution >= 4 is 82.9 Å². The molecule has 0 aliphatic carbocycles. The quantitative estimate of drug-likeness (QED) is 0.0165. The number of phenols is 1. The summed E-state index contributed by atoms with van der Waals surface area (Å²) >= 11 is 0. The monoisotopic (exact) mass is 1240 g/mol. The Balaban J connectivity index is 3.39. The van der Waals surface area contributed by atoms with Gasteiger partial charge in [0.15, 0.2) is 11.9 Å². The van der Waals surface area contributed by atoms with Gasteiger partial charge in [0, 0.05) is 25.9 Å². The fourth-order valence-corrected chi connectivity index (χ4v) is 7.81. The highest BCUT2D eigenvalue weighted by molar-refractivity contribution is 5.99. The predicted molar refractivity (Wildman–Crippen MR) is 312 cm³/mol. The number of guanidine groups is 2. The molecule has 0 spiro atoms. The minimum absolute atomic E-state index is 0.0210. The Hall–Kier alpha value is -8.96. The second kappa shape index (κ2) is 38.9. The molecule has 0 radical (unpaired) electrons. The fourth-order valence-electron chi connectivity index (χ4n) is 7.81. The van der Waals surface area contributed by atoms with Crippen LogP contribution in [0.3, 0.4) is 0 Å². The average Bonchev–Trinajstić information content (AvgIpc) is 3.48. The van der Waals surface area contributed by atoms with Crippen LogP contribution < -0.4 is 87.6 Å². The summed E-state index contributed by atoms with van der Waals surface area (Å²) in [5.41, 5.74) is 33.1. The number of aromatic hydroxyl groups is 1. The van der Waals surface area contributed by atoms with Crippen molar-refractivity contribution in [3.63, 3.8) is 0 Å². The highest BCUT2D eigenvalue weighted by Crippen LogP contribution is 2.14. The molecular weight excluding hydrogens is 1150 g/mol.